The van der Waals surface area contributed by atoms with Gasteiger partial charge >= 0.3 is 0 Å². The van der Waals surface area contributed by atoms with Crippen LogP contribution in [0.5, 0.6) is 11.5 Å². The highest BCUT2D eigenvalue weighted by molar-refractivity contribution is 6.09. The fraction of sp³-hybridized carbons (Fsp3) is 0.281. The van der Waals surface area contributed by atoms with E-state index in [1.807, 2.05) is 6.20 Å². The third kappa shape index (κ3) is 7.52. The smallest absolute Gasteiger partial charge is 0.137 e. The van der Waals surface area contributed by atoms with E-state index < -0.39 is 0 Å². The summed E-state index contributed by atoms with van der Waals surface area (Å²) in [6, 6.07) is 52.9. The van der Waals surface area contributed by atoms with Crippen molar-refractivity contribution in [2.75, 3.05) is 16.5 Å². The zero-order valence-corrected chi connectivity index (χ0v) is 38.3. The lowest BCUT2D eigenvalue weighted by atomic mass is 9.78. The second kappa shape index (κ2) is 14.9. The molecule has 1 aliphatic rings. The van der Waals surface area contributed by atoms with Crippen LogP contribution in [0.1, 0.15) is 104 Å². The van der Waals surface area contributed by atoms with E-state index in [4.69, 9.17) is 9.72 Å². The number of pyridine rings is 1. The van der Waals surface area contributed by atoms with E-state index in [1.54, 1.807) is 0 Å². The van der Waals surface area contributed by atoms with Crippen molar-refractivity contribution in [1.82, 2.24) is 9.55 Å². The van der Waals surface area contributed by atoms with Gasteiger partial charge in [0, 0.05) is 45.9 Å². The Kier molecular flexibility index (Phi) is 9.89. The van der Waals surface area contributed by atoms with E-state index in [0.29, 0.717) is 6.67 Å². The molecule has 0 fully saturated rings. The van der Waals surface area contributed by atoms with Crippen LogP contribution < -0.4 is 14.5 Å². The highest BCUT2D eigenvalue weighted by atomic mass is 16.5. The molecule has 5 nitrogen and oxygen atoms in total. The third-order valence-corrected chi connectivity index (χ3v) is 12.8. The fourth-order valence-electron chi connectivity index (χ4n) is 8.87. The lowest BCUT2D eigenvalue weighted by Crippen LogP contribution is -2.26. The molecule has 0 saturated carbocycles. The molecule has 0 bridgehead atoms. The summed E-state index contributed by atoms with van der Waals surface area (Å²) in [5.74, 6) is 2.46. The van der Waals surface area contributed by atoms with E-state index in [9.17, 15) is 0 Å². The molecule has 0 spiro atoms. The lowest BCUT2D eigenvalue weighted by Gasteiger charge is -2.29. The summed E-state index contributed by atoms with van der Waals surface area (Å²) in [7, 11) is 0. The molecule has 314 valence electrons. The minimum atomic E-state index is -0.208. The Balaban J connectivity index is 1.12. The molecule has 0 radical (unpaired) electrons. The van der Waals surface area contributed by atoms with Crippen LogP contribution in [0.3, 0.4) is 0 Å². The van der Waals surface area contributed by atoms with Crippen LogP contribution >= 0.6 is 0 Å². The van der Waals surface area contributed by atoms with Crippen molar-refractivity contribution in [1.29, 1.82) is 0 Å². The molecule has 6 aromatic carbocycles. The van der Waals surface area contributed by atoms with Gasteiger partial charge < -0.3 is 14.5 Å². The van der Waals surface area contributed by atoms with Gasteiger partial charge in [0.25, 0.3) is 0 Å². The molecule has 0 N–H and O–H groups in total. The van der Waals surface area contributed by atoms with Gasteiger partial charge in [0.05, 0.1) is 22.4 Å². The van der Waals surface area contributed by atoms with Gasteiger partial charge in [-0.1, -0.05) is 143 Å². The zero-order chi connectivity index (χ0) is 43.8. The summed E-state index contributed by atoms with van der Waals surface area (Å²) in [4.78, 5) is 9.90. The van der Waals surface area contributed by atoms with Crippen molar-refractivity contribution in [2.45, 2.75) is 97.8 Å². The van der Waals surface area contributed by atoms with Gasteiger partial charge in [0.2, 0.25) is 0 Å². The van der Waals surface area contributed by atoms with Crippen LogP contribution in [-0.4, -0.2) is 16.2 Å². The first-order chi connectivity index (χ1) is 29.4. The van der Waals surface area contributed by atoms with Crippen LogP contribution in [0.4, 0.5) is 22.7 Å². The van der Waals surface area contributed by atoms with Crippen LogP contribution in [0.25, 0.3) is 27.6 Å². The van der Waals surface area contributed by atoms with E-state index >= 15 is 0 Å². The number of anilines is 4. The number of nitrogens with zero attached hydrogens (tertiary/aromatic N) is 4. The maximum atomic E-state index is 6.98. The number of ether oxygens (including phenoxy) is 1. The third-order valence-electron chi connectivity index (χ3n) is 12.8. The van der Waals surface area contributed by atoms with Crippen molar-refractivity contribution >= 4 is 44.6 Å². The summed E-state index contributed by atoms with van der Waals surface area (Å²) < 4.78 is 9.26. The number of para-hydroxylation sites is 3. The second-order valence-electron chi connectivity index (χ2n) is 20.7. The molecule has 2 aromatic heterocycles. The summed E-state index contributed by atoms with van der Waals surface area (Å²) in [6.07, 6.45) is 1.94. The quantitative estimate of drug-likeness (QED) is 0.160. The predicted molar refractivity (Wildman–Crippen MR) is 262 cm³/mol. The maximum Gasteiger partial charge on any atom is 0.137 e. The van der Waals surface area contributed by atoms with Crippen molar-refractivity contribution in [3.05, 3.63) is 180 Å². The first-order valence-electron chi connectivity index (χ1n) is 22.1. The van der Waals surface area contributed by atoms with Gasteiger partial charge in [0.1, 0.15) is 24.0 Å². The number of hydrogen-bond acceptors (Lipinski definition) is 4. The first-order valence-corrected chi connectivity index (χ1v) is 22.1. The van der Waals surface area contributed by atoms with Crippen molar-refractivity contribution in [2.24, 2.45) is 0 Å². The van der Waals surface area contributed by atoms with Gasteiger partial charge in [-0.15, -0.1) is 0 Å². The second-order valence-corrected chi connectivity index (χ2v) is 20.7. The number of hydrogen-bond donors (Lipinski definition) is 0. The molecule has 8 aromatic rings. The molecule has 0 aliphatic carbocycles. The first kappa shape index (κ1) is 41.0. The molecule has 3 heterocycles. The maximum absolute atomic E-state index is 6.98. The Morgan fingerprint density at radius 2 is 0.984 bits per heavy atom. The molecule has 5 heteroatoms. The zero-order valence-electron chi connectivity index (χ0n) is 38.3. The Labute approximate surface area is 368 Å². The standard InChI is InChI=1S/C57H60N4O/c1-54(2,3)40-29-41(55(4,5)6)31-43(30-40)59-37-60(51-24-18-17-23-50(51)59)44-32-42(56(7,8)9)33-46(35-44)62-45-25-26-48-47-21-15-16-22-49(47)61(52(48)36-45)53-34-39(27-28-58-53)57(10,11)38-19-13-12-14-20-38/h12-36H,37H2,1-11H3. The molecule has 0 saturated heterocycles. The van der Waals surface area contributed by atoms with E-state index in [1.165, 1.54) is 50.3 Å². The monoisotopic (exact) mass is 816 g/mol. The van der Waals surface area contributed by atoms with Gasteiger partial charge in [-0.3, -0.25) is 4.57 Å². The predicted octanol–water partition coefficient (Wildman–Crippen LogP) is 15.4. The number of aromatic nitrogens is 2. The van der Waals surface area contributed by atoms with E-state index in [-0.39, 0.29) is 21.7 Å². The van der Waals surface area contributed by atoms with Gasteiger partial charge in [-0.2, -0.15) is 0 Å². The Bertz CT molecular complexity index is 2920. The molecule has 0 unspecified atom stereocenters. The Hall–Kier alpha value is -6.33. The highest BCUT2D eigenvalue weighted by Crippen LogP contribution is 2.48. The minimum absolute atomic E-state index is 0.0133. The molecule has 0 amide bonds. The Morgan fingerprint density at radius 1 is 0.435 bits per heavy atom. The fourth-order valence-corrected chi connectivity index (χ4v) is 8.87. The minimum Gasteiger partial charge on any atom is -0.457 e. The average Bonchev–Trinajstić information content (AvgIpc) is 3.79. The molecule has 0 atom stereocenters. The Morgan fingerprint density at radius 3 is 1.61 bits per heavy atom. The normalized spacial score (nSPS) is 13.6. The van der Waals surface area contributed by atoms with Crippen molar-refractivity contribution in [3.8, 4) is 17.3 Å². The van der Waals surface area contributed by atoms with Crippen molar-refractivity contribution in [3.63, 3.8) is 0 Å². The molecule has 9 rings (SSSR count). The van der Waals surface area contributed by atoms with Crippen LogP contribution in [-0.2, 0) is 21.7 Å². The summed E-state index contributed by atoms with van der Waals surface area (Å²) >= 11 is 0. The summed E-state index contributed by atoms with van der Waals surface area (Å²) in [5.41, 5.74) is 12.9. The van der Waals surface area contributed by atoms with Gasteiger partial charge in [-0.05, 0) is 111 Å². The average molecular weight is 817 g/mol. The molecular formula is C57H60N4O. The summed E-state index contributed by atoms with van der Waals surface area (Å²) in [6.45, 7) is 25.9. The summed E-state index contributed by atoms with van der Waals surface area (Å²) in [5, 5.41) is 2.34. The van der Waals surface area contributed by atoms with Crippen molar-refractivity contribution < 1.29 is 4.74 Å². The van der Waals surface area contributed by atoms with E-state index in [2.05, 4.69) is 236 Å². The van der Waals surface area contributed by atoms with Crippen LogP contribution in [0, 0.1) is 0 Å². The van der Waals surface area contributed by atoms with Crippen LogP contribution in [0.2, 0.25) is 0 Å². The molecular weight excluding hydrogens is 757 g/mol. The number of benzene rings is 6. The van der Waals surface area contributed by atoms with Crippen LogP contribution in [0.15, 0.2) is 152 Å². The lowest BCUT2D eigenvalue weighted by molar-refractivity contribution is 0.479. The van der Waals surface area contributed by atoms with Gasteiger partial charge in [-0.25, -0.2) is 4.98 Å². The largest absolute Gasteiger partial charge is 0.457 e. The van der Waals surface area contributed by atoms with E-state index in [0.717, 1.165) is 39.4 Å². The molecule has 1 aliphatic heterocycles. The molecule has 62 heavy (non-hydrogen) atoms. The topological polar surface area (TPSA) is 33.5 Å². The number of fused-ring (bicyclic) bond motifs is 4. The SMILES string of the molecule is CC(C)(C)c1cc(Oc2ccc3c4ccccc4n(-c4cc(C(C)(C)c5ccccc5)ccn4)c3c2)cc(N2CN(c3cc(C(C)(C)C)cc(C(C)(C)C)c3)c3ccccc32)c1. The highest BCUT2D eigenvalue weighted by Gasteiger charge is 2.32. The number of rotatable bonds is 7. The van der Waals surface area contributed by atoms with Gasteiger partial charge in [0.15, 0.2) is 0 Å².